The van der Waals surface area contributed by atoms with Crippen LogP contribution < -0.4 is 26.3 Å². The third-order valence-corrected chi connectivity index (χ3v) is 15.0. The number of nitrogens with zero attached hydrogens (tertiary/aromatic N) is 6. The molecule has 4 aromatic rings. The van der Waals surface area contributed by atoms with Gasteiger partial charge in [-0.3, -0.25) is 19.9 Å². The van der Waals surface area contributed by atoms with Gasteiger partial charge in [0.15, 0.2) is 0 Å². The number of nitrogens with one attached hydrogen (secondary N) is 4. The lowest BCUT2D eigenvalue weighted by Crippen LogP contribution is -2.63. The zero-order chi connectivity index (χ0) is 59.5. The van der Waals surface area contributed by atoms with Gasteiger partial charge in [0, 0.05) is 66.7 Å². The van der Waals surface area contributed by atoms with Gasteiger partial charge in [0.05, 0.1) is 61.2 Å². The number of aliphatic hydroxyl groups is 1. The van der Waals surface area contributed by atoms with E-state index in [4.69, 9.17) is 9.72 Å². The van der Waals surface area contributed by atoms with Crippen molar-refractivity contribution in [2.75, 3.05) is 44.9 Å². The number of amides is 4. The summed E-state index contributed by atoms with van der Waals surface area (Å²) < 4.78 is 156. The van der Waals surface area contributed by atoms with Gasteiger partial charge < -0.3 is 40.5 Å². The molecule has 6 N–H and O–H groups in total. The van der Waals surface area contributed by atoms with Crippen molar-refractivity contribution in [1.82, 2.24) is 46.0 Å². The molecule has 0 spiro atoms. The number of alkyl halides is 8. The number of pyridine rings is 1. The lowest BCUT2D eigenvalue weighted by Gasteiger charge is -2.48. The molecule has 2 bridgehead atoms. The number of fused-ring (bicyclic) bond motifs is 2. The number of piperazine rings is 1. The standard InChI is InChI=1S/C53H60F10N10O8/c1-28-31(13-16-42(65-28)70-22-34-14-15-35(23-70)73(34)36-26-81-27-36)12-11-29-7-9-30(10-8-29)17-40(66-45(75)43(68-49(79)80-6)50(2,3)52(58,59)60)41(74)25-71(69-46(76)44(67-48(77)78)51(4,5)53(61,62)63)24-37-38(54)18-32(19-39(37)55)33-20-64-72(21-33)47(56)57/h7-10,13,16,18-21,34-36,40-41,43-44,47,67,74H,14-15,17,22-27H2,1-6H3,(H,66,75)(H,68,79)(H,69,76)(H,77,78). The molecule has 2 aromatic carbocycles. The summed E-state index contributed by atoms with van der Waals surface area (Å²) in [5.74, 6) is 0.762. The van der Waals surface area contributed by atoms with Gasteiger partial charge >= 0.3 is 31.1 Å². The van der Waals surface area contributed by atoms with Crippen LogP contribution in [0.1, 0.15) is 75.0 Å². The van der Waals surface area contributed by atoms with Gasteiger partial charge in [-0.25, -0.2) is 33.0 Å². The minimum atomic E-state index is -5.28. The molecule has 5 heterocycles. The number of rotatable bonds is 19. The molecule has 6 unspecified atom stereocenters. The van der Waals surface area contributed by atoms with Crippen LogP contribution in [0.2, 0.25) is 0 Å². The number of hydrogen-bond donors (Lipinski definition) is 6. The second-order valence-corrected chi connectivity index (χ2v) is 21.2. The van der Waals surface area contributed by atoms with Crippen molar-refractivity contribution in [3.63, 3.8) is 0 Å². The highest BCUT2D eigenvalue weighted by Crippen LogP contribution is 2.42. The number of carboxylic acid groups (broad SMARTS) is 1. The van der Waals surface area contributed by atoms with E-state index in [-0.39, 0.29) is 21.4 Å². The molecule has 440 valence electrons. The van der Waals surface area contributed by atoms with Crippen LogP contribution in [0.15, 0.2) is 60.9 Å². The highest BCUT2D eigenvalue weighted by Gasteiger charge is 2.57. The molecule has 6 atom stereocenters. The molecule has 0 aliphatic carbocycles. The van der Waals surface area contributed by atoms with Crippen molar-refractivity contribution in [1.29, 1.82) is 0 Å². The minimum Gasteiger partial charge on any atom is -0.465 e. The van der Waals surface area contributed by atoms with E-state index in [0.29, 0.717) is 79.8 Å². The number of methoxy groups -OCH3 is 1. The first-order valence-electron chi connectivity index (χ1n) is 25.4. The molecule has 3 aliphatic rings. The van der Waals surface area contributed by atoms with Crippen molar-refractivity contribution in [2.45, 2.75) is 122 Å². The second-order valence-electron chi connectivity index (χ2n) is 21.2. The Balaban J connectivity index is 1.19. The second kappa shape index (κ2) is 24.5. The number of anilines is 1. The van der Waals surface area contributed by atoms with E-state index in [0.717, 1.165) is 64.5 Å². The minimum absolute atomic E-state index is 0.186. The lowest BCUT2D eigenvalue weighted by molar-refractivity contribution is -0.221. The Morgan fingerprint density at radius 2 is 1.42 bits per heavy atom. The van der Waals surface area contributed by atoms with E-state index in [9.17, 15) is 64.5 Å². The fourth-order valence-electron chi connectivity index (χ4n) is 9.84. The van der Waals surface area contributed by atoms with Crippen molar-refractivity contribution in [3.05, 3.63) is 101 Å². The molecule has 7 rings (SSSR count). The van der Waals surface area contributed by atoms with E-state index < -0.39 is 115 Å². The summed E-state index contributed by atoms with van der Waals surface area (Å²) in [5, 5.41) is 31.0. The number of hydrogen-bond acceptors (Lipinski definition) is 12. The third kappa shape index (κ3) is 14.1. The molecule has 0 radical (unpaired) electrons. The number of aryl methyl sites for hydroxylation is 1. The normalized spacial score (nSPS) is 18.5. The summed E-state index contributed by atoms with van der Waals surface area (Å²) >= 11 is 0. The lowest BCUT2D eigenvalue weighted by atomic mass is 9.82. The third-order valence-electron chi connectivity index (χ3n) is 15.0. The highest BCUT2D eigenvalue weighted by atomic mass is 19.4. The number of alkyl carbamates (subject to hydrolysis) is 1. The number of carbonyl (C=O) groups is 4. The van der Waals surface area contributed by atoms with Crippen molar-refractivity contribution >= 4 is 29.8 Å². The molecular weight excluding hydrogens is 1090 g/mol. The summed E-state index contributed by atoms with van der Waals surface area (Å²) in [6.45, 7) is 1.63. The Morgan fingerprint density at radius 3 is 1.93 bits per heavy atom. The van der Waals surface area contributed by atoms with Crippen LogP contribution in [-0.2, 0) is 32.0 Å². The van der Waals surface area contributed by atoms with Gasteiger partial charge in [0.2, 0.25) is 5.91 Å². The fraction of sp³-hybridized carbons (Fsp3) is 0.509. The number of aromatic nitrogens is 3. The van der Waals surface area contributed by atoms with Crippen LogP contribution in [0.25, 0.3) is 11.1 Å². The van der Waals surface area contributed by atoms with Crippen LogP contribution in [-0.4, -0.2) is 154 Å². The largest absolute Gasteiger partial charge is 0.465 e. The average Bonchev–Trinajstić information content (AvgIpc) is 4.16. The summed E-state index contributed by atoms with van der Waals surface area (Å²) in [5.41, 5.74) is -3.75. The van der Waals surface area contributed by atoms with Gasteiger partial charge in [0.1, 0.15) is 29.5 Å². The summed E-state index contributed by atoms with van der Waals surface area (Å²) in [4.78, 5) is 61.9. The monoisotopic (exact) mass is 1150 g/mol. The first-order chi connectivity index (χ1) is 37.9. The van der Waals surface area contributed by atoms with E-state index in [1.54, 1.807) is 12.1 Å². The number of benzene rings is 2. The Hall–Kier alpha value is -7.22. The topological polar surface area (TPSA) is 216 Å². The maximum Gasteiger partial charge on any atom is 0.407 e. The molecule has 3 saturated heterocycles. The number of halogens is 10. The summed E-state index contributed by atoms with van der Waals surface area (Å²) in [6.07, 6.45) is -12.9. The van der Waals surface area contributed by atoms with Gasteiger partial charge in [-0.1, -0.05) is 24.0 Å². The molecule has 0 saturated carbocycles. The molecular formula is C53H60F10N10O8. The summed E-state index contributed by atoms with van der Waals surface area (Å²) in [7, 11) is 0.813. The van der Waals surface area contributed by atoms with E-state index in [1.165, 1.54) is 17.4 Å². The molecule has 18 nitrogen and oxygen atoms in total. The van der Waals surface area contributed by atoms with Crippen LogP contribution in [0.4, 0.5) is 59.3 Å². The predicted octanol–water partition coefficient (Wildman–Crippen LogP) is 6.84. The Bertz CT molecular complexity index is 2960. The number of hydrazine groups is 1. The summed E-state index contributed by atoms with van der Waals surface area (Å²) in [6, 6.07) is 5.45. The molecule has 3 fully saturated rings. The Labute approximate surface area is 458 Å². The van der Waals surface area contributed by atoms with Gasteiger partial charge in [0.25, 0.3) is 5.91 Å². The molecule has 2 aromatic heterocycles. The van der Waals surface area contributed by atoms with Crippen LogP contribution >= 0.6 is 0 Å². The zero-order valence-corrected chi connectivity index (χ0v) is 44.6. The zero-order valence-electron chi connectivity index (χ0n) is 44.6. The number of aliphatic hydroxyl groups excluding tert-OH is 1. The molecule has 28 heteroatoms. The maximum absolute atomic E-state index is 16.0. The smallest absolute Gasteiger partial charge is 0.407 e. The SMILES string of the molecule is COC(=O)NC(C(=O)NC(Cc1ccc(C#Cc2ccc(N3CC4CCC(C3)N4C3COC3)nc2C)cc1)C(O)CN(Cc1c(F)cc(-c2cnn(C(F)F)c2)cc1F)NC(=O)C(NC(=O)O)C(C)(C)C(F)(F)F)C(C)(C)C(F)(F)F. The van der Waals surface area contributed by atoms with Crippen LogP contribution in [0.3, 0.4) is 0 Å². The Morgan fingerprint density at radius 1 is 0.827 bits per heavy atom. The van der Waals surface area contributed by atoms with E-state index in [1.807, 2.05) is 29.8 Å². The first-order valence-corrected chi connectivity index (χ1v) is 25.4. The van der Waals surface area contributed by atoms with Crippen molar-refractivity contribution in [3.8, 4) is 23.0 Å². The molecule has 3 aliphatic heterocycles. The van der Waals surface area contributed by atoms with Gasteiger partial charge in [-0.15, -0.1) is 0 Å². The van der Waals surface area contributed by atoms with E-state index in [2.05, 4.69) is 36.8 Å². The van der Waals surface area contributed by atoms with Crippen molar-refractivity contribution < 1.29 is 82.8 Å². The molecule has 4 amide bonds. The highest BCUT2D eigenvalue weighted by molar-refractivity contribution is 5.87. The molecule has 81 heavy (non-hydrogen) atoms. The van der Waals surface area contributed by atoms with Crippen LogP contribution in [0.5, 0.6) is 0 Å². The van der Waals surface area contributed by atoms with Crippen molar-refractivity contribution in [2.24, 2.45) is 10.8 Å². The van der Waals surface area contributed by atoms with Gasteiger partial charge in [-0.05, 0) is 101 Å². The van der Waals surface area contributed by atoms with Gasteiger partial charge in [-0.2, -0.15) is 40.2 Å². The quantitative estimate of drug-likeness (QED) is 0.0323. The van der Waals surface area contributed by atoms with Crippen LogP contribution in [0, 0.1) is 41.2 Å². The first kappa shape index (κ1) is 61.4. The van der Waals surface area contributed by atoms with E-state index >= 15 is 8.78 Å². The predicted molar refractivity (Wildman–Crippen MR) is 270 cm³/mol. The maximum atomic E-state index is 16.0. The number of carbonyl (C=O) groups excluding carboxylic acids is 3. The Kier molecular flexibility index (Phi) is 18.6. The number of ether oxygens (including phenoxy) is 2. The average molecular weight is 1160 g/mol. The fourth-order valence-corrected chi connectivity index (χ4v) is 9.84.